The molecule has 1 heterocycles. The van der Waals surface area contributed by atoms with Crippen LogP contribution in [0, 0.1) is 5.82 Å². The van der Waals surface area contributed by atoms with Crippen LogP contribution in [0.5, 0.6) is 0 Å². The molecule has 7 heteroatoms. The minimum absolute atomic E-state index is 0.154. The Morgan fingerprint density at radius 2 is 1.90 bits per heavy atom. The summed E-state index contributed by atoms with van der Waals surface area (Å²) in [7, 11) is 1.70. The molecule has 1 aromatic heterocycles. The molecular formula is C13H10Cl2FN3O. The average molecular weight is 314 g/mol. The molecule has 0 unspecified atom stereocenters. The van der Waals surface area contributed by atoms with Crippen LogP contribution in [-0.2, 0) is 0 Å². The number of carbonyl (C=O) groups is 1. The molecule has 104 valence electrons. The summed E-state index contributed by atoms with van der Waals surface area (Å²) >= 11 is 11.3. The van der Waals surface area contributed by atoms with Crippen LogP contribution in [0.2, 0.25) is 10.0 Å². The molecule has 20 heavy (non-hydrogen) atoms. The third-order valence-electron chi connectivity index (χ3n) is 2.52. The molecule has 0 saturated carbocycles. The number of nitrogens with zero attached hydrogens (tertiary/aromatic N) is 1. The maximum absolute atomic E-state index is 13.3. The average Bonchev–Trinajstić information content (AvgIpc) is 2.44. The number of amides is 1. The van der Waals surface area contributed by atoms with Crippen LogP contribution < -0.4 is 10.6 Å². The normalized spacial score (nSPS) is 10.2. The maximum atomic E-state index is 13.3. The zero-order chi connectivity index (χ0) is 14.7. The molecule has 0 radical (unpaired) electrons. The number of anilines is 2. The number of nitrogens with one attached hydrogen (secondary N) is 2. The number of benzene rings is 1. The zero-order valence-corrected chi connectivity index (χ0v) is 11.9. The molecule has 0 fully saturated rings. The summed E-state index contributed by atoms with van der Waals surface area (Å²) in [5.41, 5.74) is 0.718. The van der Waals surface area contributed by atoms with Gasteiger partial charge in [0.15, 0.2) is 5.82 Å². The second kappa shape index (κ2) is 6.07. The maximum Gasteiger partial charge on any atom is 0.255 e. The lowest BCUT2D eigenvalue weighted by atomic mass is 10.2. The second-order valence-corrected chi connectivity index (χ2v) is 4.70. The lowest BCUT2D eigenvalue weighted by Crippen LogP contribution is -2.12. The Kier molecular flexibility index (Phi) is 4.42. The first-order valence-corrected chi connectivity index (χ1v) is 6.36. The monoisotopic (exact) mass is 313 g/mol. The van der Waals surface area contributed by atoms with E-state index in [0.717, 1.165) is 0 Å². The van der Waals surface area contributed by atoms with Gasteiger partial charge in [-0.25, -0.2) is 9.37 Å². The molecule has 0 spiro atoms. The van der Waals surface area contributed by atoms with E-state index in [-0.39, 0.29) is 16.0 Å². The third kappa shape index (κ3) is 3.18. The predicted molar refractivity (Wildman–Crippen MR) is 78.2 cm³/mol. The van der Waals surface area contributed by atoms with Gasteiger partial charge in [-0.05, 0) is 24.3 Å². The molecule has 0 bridgehead atoms. The number of rotatable bonds is 3. The second-order valence-electron chi connectivity index (χ2n) is 3.89. The number of aromatic nitrogens is 1. The minimum Gasteiger partial charge on any atom is -0.373 e. The zero-order valence-electron chi connectivity index (χ0n) is 10.4. The first-order chi connectivity index (χ1) is 9.51. The predicted octanol–water partition coefficient (Wildman–Crippen LogP) is 3.82. The van der Waals surface area contributed by atoms with E-state index in [9.17, 15) is 9.18 Å². The molecule has 1 amide bonds. The Morgan fingerprint density at radius 3 is 2.50 bits per heavy atom. The van der Waals surface area contributed by atoms with Gasteiger partial charge in [-0.3, -0.25) is 4.79 Å². The van der Waals surface area contributed by atoms with E-state index in [0.29, 0.717) is 17.1 Å². The minimum atomic E-state index is -0.715. The molecule has 0 atom stereocenters. The summed E-state index contributed by atoms with van der Waals surface area (Å²) in [6.45, 7) is 0. The van der Waals surface area contributed by atoms with Crippen molar-refractivity contribution in [3.8, 4) is 0 Å². The van der Waals surface area contributed by atoms with Gasteiger partial charge in [0, 0.05) is 24.5 Å². The quantitative estimate of drug-likeness (QED) is 0.847. The van der Waals surface area contributed by atoms with E-state index < -0.39 is 5.82 Å². The number of hydrogen-bond acceptors (Lipinski definition) is 3. The third-order valence-corrected chi connectivity index (χ3v) is 3.07. The molecular weight excluding hydrogens is 304 g/mol. The lowest BCUT2D eigenvalue weighted by Gasteiger charge is -2.08. The van der Waals surface area contributed by atoms with Crippen LogP contribution in [0.1, 0.15) is 10.4 Å². The van der Waals surface area contributed by atoms with Crippen LogP contribution in [0.25, 0.3) is 0 Å². The Bertz CT molecular complexity index is 641. The van der Waals surface area contributed by atoms with Crippen molar-refractivity contribution in [3.63, 3.8) is 0 Å². The van der Waals surface area contributed by atoms with Gasteiger partial charge in [0.05, 0.1) is 10.0 Å². The molecule has 2 rings (SSSR count). The van der Waals surface area contributed by atoms with E-state index >= 15 is 0 Å². The summed E-state index contributed by atoms with van der Waals surface area (Å²) in [6, 6.07) is 5.73. The van der Waals surface area contributed by atoms with Crippen molar-refractivity contribution in [3.05, 3.63) is 51.9 Å². The topological polar surface area (TPSA) is 54.0 Å². The molecule has 0 saturated heterocycles. The van der Waals surface area contributed by atoms with Crippen LogP contribution in [0.4, 0.5) is 15.9 Å². The highest BCUT2D eigenvalue weighted by Gasteiger charge is 2.11. The van der Waals surface area contributed by atoms with Crippen molar-refractivity contribution in [2.75, 3.05) is 17.7 Å². The van der Waals surface area contributed by atoms with Crippen LogP contribution in [0.15, 0.2) is 30.5 Å². The Labute approximate surface area is 124 Å². The van der Waals surface area contributed by atoms with Crippen molar-refractivity contribution in [2.24, 2.45) is 0 Å². The van der Waals surface area contributed by atoms with Crippen molar-refractivity contribution < 1.29 is 9.18 Å². The molecule has 0 aliphatic rings. The van der Waals surface area contributed by atoms with Gasteiger partial charge in [-0.2, -0.15) is 0 Å². The molecule has 2 aromatic rings. The fraction of sp³-hybridized carbons (Fsp3) is 0.0769. The lowest BCUT2D eigenvalue weighted by molar-refractivity contribution is 0.102. The summed E-state index contributed by atoms with van der Waals surface area (Å²) in [4.78, 5) is 16.0. The highest BCUT2D eigenvalue weighted by atomic mass is 35.5. The van der Waals surface area contributed by atoms with E-state index in [1.165, 1.54) is 18.3 Å². The van der Waals surface area contributed by atoms with Gasteiger partial charge in [0.25, 0.3) is 5.91 Å². The summed E-state index contributed by atoms with van der Waals surface area (Å²) in [5, 5.41) is 5.11. The molecule has 2 N–H and O–H groups in total. The van der Waals surface area contributed by atoms with Crippen molar-refractivity contribution in [1.82, 2.24) is 4.98 Å². The first kappa shape index (κ1) is 14.6. The van der Waals surface area contributed by atoms with Gasteiger partial charge >= 0.3 is 0 Å². The number of halogens is 3. The molecule has 0 aliphatic carbocycles. The van der Waals surface area contributed by atoms with Crippen LogP contribution >= 0.6 is 23.2 Å². The first-order valence-electron chi connectivity index (χ1n) is 5.61. The highest BCUT2D eigenvalue weighted by molar-refractivity contribution is 6.35. The van der Waals surface area contributed by atoms with Crippen molar-refractivity contribution in [2.45, 2.75) is 0 Å². The standard InChI is InChI=1S/C13H10Cl2FN3O/c1-17-11-4-7(2-3-18-11)13(20)19-8-5-9(14)12(16)10(15)6-8/h2-6H,1H3,(H,17,18)(H,19,20). The molecule has 0 aliphatic heterocycles. The SMILES string of the molecule is CNc1cc(C(=O)Nc2cc(Cl)c(F)c(Cl)c2)ccn1. The molecule has 4 nitrogen and oxygen atoms in total. The van der Waals surface area contributed by atoms with Gasteiger partial charge in [0.1, 0.15) is 5.82 Å². The van der Waals surface area contributed by atoms with Crippen LogP contribution in [0.3, 0.4) is 0 Å². The van der Waals surface area contributed by atoms with Gasteiger partial charge < -0.3 is 10.6 Å². The van der Waals surface area contributed by atoms with E-state index in [1.807, 2.05) is 0 Å². The summed E-state index contributed by atoms with van der Waals surface area (Å²) < 4.78 is 13.3. The number of carbonyl (C=O) groups excluding carboxylic acids is 1. The van der Waals surface area contributed by atoms with Crippen LogP contribution in [-0.4, -0.2) is 17.9 Å². The Morgan fingerprint density at radius 1 is 1.25 bits per heavy atom. The Balaban J connectivity index is 2.23. The fourth-order valence-electron chi connectivity index (χ4n) is 1.54. The smallest absolute Gasteiger partial charge is 0.255 e. The molecule has 1 aromatic carbocycles. The fourth-order valence-corrected chi connectivity index (χ4v) is 2.03. The number of hydrogen-bond donors (Lipinski definition) is 2. The van der Waals surface area contributed by atoms with E-state index in [1.54, 1.807) is 19.2 Å². The Hall–Kier alpha value is -1.85. The summed E-state index contributed by atoms with van der Waals surface area (Å²) in [5.74, 6) is -0.525. The van der Waals surface area contributed by atoms with Gasteiger partial charge in [0.2, 0.25) is 0 Å². The van der Waals surface area contributed by atoms with Gasteiger partial charge in [-0.1, -0.05) is 23.2 Å². The number of pyridine rings is 1. The largest absolute Gasteiger partial charge is 0.373 e. The highest BCUT2D eigenvalue weighted by Crippen LogP contribution is 2.27. The van der Waals surface area contributed by atoms with E-state index in [2.05, 4.69) is 15.6 Å². The van der Waals surface area contributed by atoms with Crippen molar-refractivity contribution in [1.29, 1.82) is 0 Å². The van der Waals surface area contributed by atoms with E-state index in [4.69, 9.17) is 23.2 Å². The van der Waals surface area contributed by atoms with Crippen molar-refractivity contribution >= 4 is 40.6 Å². The summed E-state index contributed by atoms with van der Waals surface area (Å²) in [6.07, 6.45) is 1.51. The van der Waals surface area contributed by atoms with Gasteiger partial charge in [-0.15, -0.1) is 0 Å².